The lowest BCUT2D eigenvalue weighted by atomic mass is 9.57. The Labute approximate surface area is 100 Å². The molecule has 1 saturated carbocycles. The maximum absolute atomic E-state index is 5.78. The van der Waals surface area contributed by atoms with Crippen molar-refractivity contribution in [1.82, 2.24) is 10.3 Å². The molecule has 88 valence electrons. The summed E-state index contributed by atoms with van der Waals surface area (Å²) in [5, 5.41) is 3.67. The molecule has 3 atom stereocenters. The predicted molar refractivity (Wildman–Crippen MR) is 64.4 cm³/mol. The first-order valence-electron chi connectivity index (χ1n) is 5.92. The summed E-state index contributed by atoms with van der Waals surface area (Å²) in [5.74, 6) is 0.725. The van der Waals surface area contributed by atoms with Crippen molar-refractivity contribution in [3.8, 4) is 0 Å². The van der Waals surface area contributed by atoms with E-state index >= 15 is 0 Å². The number of ether oxygens (including phenoxy) is 1. The Morgan fingerprint density at radius 2 is 2.50 bits per heavy atom. The van der Waals surface area contributed by atoms with Crippen molar-refractivity contribution in [2.24, 2.45) is 11.3 Å². The standard InChI is InChI=1S/C12H18N2OS/c1-12(2)10(9-3-4-15-11(9)12)14-6-8-5-13-7-16-8/h5,7,9-11,14H,3-4,6H2,1-2H3. The van der Waals surface area contributed by atoms with Crippen LogP contribution in [-0.2, 0) is 11.3 Å². The van der Waals surface area contributed by atoms with E-state index in [2.05, 4.69) is 24.1 Å². The summed E-state index contributed by atoms with van der Waals surface area (Å²) in [6.45, 7) is 6.51. The van der Waals surface area contributed by atoms with Crippen LogP contribution in [0.3, 0.4) is 0 Å². The molecule has 3 nitrogen and oxygen atoms in total. The van der Waals surface area contributed by atoms with Gasteiger partial charge in [-0.3, -0.25) is 4.98 Å². The zero-order chi connectivity index (χ0) is 11.2. The second-order valence-electron chi connectivity index (χ2n) is 5.39. The molecule has 1 aliphatic carbocycles. The summed E-state index contributed by atoms with van der Waals surface area (Å²) >= 11 is 1.72. The van der Waals surface area contributed by atoms with Gasteiger partial charge in [0.15, 0.2) is 0 Å². The van der Waals surface area contributed by atoms with E-state index in [0.717, 1.165) is 19.1 Å². The molecule has 4 heteroatoms. The molecule has 3 unspecified atom stereocenters. The van der Waals surface area contributed by atoms with E-state index < -0.39 is 0 Å². The summed E-state index contributed by atoms with van der Waals surface area (Å²) in [4.78, 5) is 5.42. The molecule has 2 heterocycles. The maximum atomic E-state index is 5.78. The number of nitrogens with zero attached hydrogens (tertiary/aromatic N) is 1. The molecule has 3 rings (SSSR count). The van der Waals surface area contributed by atoms with E-state index in [9.17, 15) is 0 Å². The van der Waals surface area contributed by atoms with Gasteiger partial charge in [-0.25, -0.2) is 0 Å². The van der Waals surface area contributed by atoms with Crippen LogP contribution in [0.1, 0.15) is 25.1 Å². The van der Waals surface area contributed by atoms with E-state index in [0.29, 0.717) is 12.1 Å². The topological polar surface area (TPSA) is 34.2 Å². The van der Waals surface area contributed by atoms with Crippen LogP contribution in [0.4, 0.5) is 0 Å². The van der Waals surface area contributed by atoms with Crippen LogP contribution < -0.4 is 5.32 Å². The zero-order valence-electron chi connectivity index (χ0n) is 9.77. The lowest BCUT2D eigenvalue weighted by molar-refractivity contribution is -0.112. The van der Waals surface area contributed by atoms with Crippen LogP contribution in [0, 0.1) is 11.3 Å². The number of thiazole rings is 1. The van der Waals surface area contributed by atoms with E-state index in [1.807, 2.05) is 11.7 Å². The lowest BCUT2D eigenvalue weighted by Gasteiger charge is -2.54. The van der Waals surface area contributed by atoms with Crippen LogP contribution in [0.15, 0.2) is 11.7 Å². The molecule has 0 radical (unpaired) electrons. The number of fused-ring (bicyclic) bond motifs is 1. The Kier molecular flexibility index (Phi) is 2.53. The Morgan fingerprint density at radius 3 is 3.25 bits per heavy atom. The van der Waals surface area contributed by atoms with Crippen molar-refractivity contribution in [1.29, 1.82) is 0 Å². The molecule has 1 N–H and O–H groups in total. The second kappa shape index (κ2) is 3.79. The molecule has 2 aliphatic rings. The highest BCUT2D eigenvalue weighted by atomic mass is 32.1. The van der Waals surface area contributed by atoms with Crippen LogP contribution in [0.2, 0.25) is 0 Å². The molecule has 0 bridgehead atoms. The average Bonchev–Trinajstić information content (AvgIpc) is 2.86. The molecule has 0 spiro atoms. The number of rotatable bonds is 3. The Bertz CT molecular complexity index is 363. The number of aromatic nitrogens is 1. The summed E-state index contributed by atoms with van der Waals surface area (Å²) < 4.78 is 5.78. The van der Waals surface area contributed by atoms with Gasteiger partial charge in [0.05, 0.1) is 11.6 Å². The van der Waals surface area contributed by atoms with Crippen molar-refractivity contribution >= 4 is 11.3 Å². The molecular formula is C12H18N2OS. The van der Waals surface area contributed by atoms with E-state index in [-0.39, 0.29) is 5.41 Å². The highest BCUT2D eigenvalue weighted by Crippen LogP contribution is 2.52. The van der Waals surface area contributed by atoms with Crippen molar-refractivity contribution in [2.45, 2.75) is 39.0 Å². The zero-order valence-corrected chi connectivity index (χ0v) is 10.6. The monoisotopic (exact) mass is 238 g/mol. The molecular weight excluding hydrogens is 220 g/mol. The number of nitrogens with one attached hydrogen (secondary N) is 1. The largest absolute Gasteiger partial charge is 0.377 e. The molecule has 1 aliphatic heterocycles. The maximum Gasteiger partial charge on any atom is 0.0794 e. The van der Waals surface area contributed by atoms with Gasteiger partial charge in [-0.2, -0.15) is 0 Å². The summed E-state index contributed by atoms with van der Waals surface area (Å²) in [6.07, 6.45) is 3.65. The van der Waals surface area contributed by atoms with Crippen LogP contribution in [-0.4, -0.2) is 23.7 Å². The third-order valence-corrected chi connectivity index (χ3v) is 4.86. The van der Waals surface area contributed by atoms with Gasteiger partial charge < -0.3 is 10.1 Å². The van der Waals surface area contributed by atoms with Crippen molar-refractivity contribution in [3.63, 3.8) is 0 Å². The minimum Gasteiger partial charge on any atom is -0.377 e. The molecule has 0 amide bonds. The third-order valence-electron chi connectivity index (χ3n) is 4.08. The fourth-order valence-electron chi connectivity index (χ4n) is 3.28. The molecule has 1 aromatic rings. The molecule has 16 heavy (non-hydrogen) atoms. The van der Waals surface area contributed by atoms with Crippen LogP contribution in [0.25, 0.3) is 0 Å². The van der Waals surface area contributed by atoms with Gasteiger partial charge in [0, 0.05) is 41.6 Å². The summed E-state index contributed by atoms with van der Waals surface area (Å²) in [5.41, 5.74) is 2.18. The lowest BCUT2D eigenvalue weighted by Crippen LogP contribution is -2.65. The normalized spacial score (nSPS) is 35.8. The minimum atomic E-state index is 0.284. The van der Waals surface area contributed by atoms with E-state index in [4.69, 9.17) is 4.74 Å². The highest BCUT2D eigenvalue weighted by Gasteiger charge is 2.58. The summed E-state index contributed by atoms with van der Waals surface area (Å²) in [7, 11) is 0. The molecule has 1 aromatic heterocycles. The van der Waals surface area contributed by atoms with E-state index in [1.165, 1.54) is 11.3 Å². The van der Waals surface area contributed by atoms with Gasteiger partial charge >= 0.3 is 0 Å². The van der Waals surface area contributed by atoms with Gasteiger partial charge in [0.2, 0.25) is 0 Å². The Hall–Kier alpha value is -0.450. The fraction of sp³-hybridized carbons (Fsp3) is 0.750. The minimum absolute atomic E-state index is 0.284. The first kappa shape index (κ1) is 10.7. The molecule has 1 saturated heterocycles. The SMILES string of the molecule is CC1(C)C(NCc2cncs2)C2CCOC21. The van der Waals surface area contributed by atoms with Gasteiger partial charge in [0.1, 0.15) is 0 Å². The van der Waals surface area contributed by atoms with Crippen molar-refractivity contribution in [2.75, 3.05) is 6.61 Å². The first-order valence-corrected chi connectivity index (χ1v) is 6.80. The van der Waals surface area contributed by atoms with Gasteiger partial charge in [0.25, 0.3) is 0 Å². The smallest absolute Gasteiger partial charge is 0.0794 e. The Morgan fingerprint density at radius 1 is 1.62 bits per heavy atom. The van der Waals surface area contributed by atoms with Crippen molar-refractivity contribution in [3.05, 3.63) is 16.6 Å². The molecule has 2 fully saturated rings. The predicted octanol–water partition coefficient (Wildman–Crippen LogP) is 2.05. The van der Waals surface area contributed by atoms with Crippen LogP contribution in [0.5, 0.6) is 0 Å². The average molecular weight is 238 g/mol. The third kappa shape index (κ3) is 1.51. The van der Waals surface area contributed by atoms with E-state index in [1.54, 1.807) is 11.3 Å². The Balaban J connectivity index is 1.63. The number of hydrogen-bond donors (Lipinski definition) is 1. The fourth-order valence-corrected chi connectivity index (χ4v) is 3.82. The van der Waals surface area contributed by atoms with Gasteiger partial charge in [-0.05, 0) is 6.42 Å². The van der Waals surface area contributed by atoms with Gasteiger partial charge in [-0.1, -0.05) is 13.8 Å². The number of hydrogen-bond acceptors (Lipinski definition) is 4. The second-order valence-corrected chi connectivity index (χ2v) is 6.36. The summed E-state index contributed by atoms with van der Waals surface area (Å²) in [6, 6.07) is 0.599. The van der Waals surface area contributed by atoms with Crippen molar-refractivity contribution < 1.29 is 4.74 Å². The molecule has 0 aromatic carbocycles. The highest BCUT2D eigenvalue weighted by molar-refractivity contribution is 7.09. The van der Waals surface area contributed by atoms with Crippen LogP contribution >= 0.6 is 11.3 Å². The van der Waals surface area contributed by atoms with Gasteiger partial charge in [-0.15, -0.1) is 11.3 Å². The first-order chi connectivity index (χ1) is 7.69. The quantitative estimate of drug-likeness (QED) is 0.875.